The van der Waals surface area contributed by atoms with Crippen LogP contribution in [-0.2, 0) is 11.3 Å². The highest BCUT2D eigenvalue weighted by Gasteiger charge is 2.10. The average Bonchev–Trinajstić information content (AvgIpc) is 3.13. The van der Waals surface area contributed by atoms with Crippen molar-refractivity contribution in [2.24, 2.45) is 16.0 Å². The van der Waals surface area contributed by atoms with E-state index in [9.17, 15) is 0 Å². The summed E-state index contributed by atoms with van der Waals surface area (Å²) < 4.78 is 7.08. The predicted octanol–water partition coefficient (Wildman–Crippen LogP) is 4.66. The van der Waals surface area contributed by atoms with E-state index in [1.165, 1.54) is 0 Å². The van der Waals surface area contributed by atoms with Crippen LogP contribution >= 0.6 is 11.3 Å². The van der Waals surface area contributed by atoms with Crippen molar-refractivity contribution in [1.29, 1.82) is 0 Å². The number of hydrogen-bond donors (Lipinski definition) is 1. The third kappa shape index (κ3) is 4.55. The number of thiazole rings is 1. The van der Waals surface area contributed by atoms with E-state index in [4.69, 9.17) is 10.6 Å². The molecule has 7 heteroatoms. The fourth-order valence-corrected chi connectivity index (χ4v) is 3.67. The summed E-state index contributed by atoms with van der Waals surface area (Å²) in [6.07, 6.45) is 0.649. The van der Waals surface area contributed by atoms with Crippen molar-refractivity contribution in [3.05, 3.63) is 58.6 Å². The molecule has 28 heavy (non-hydrogen) atoms. The first-order valence-corrected chi connectivity index (χ1v) is 9.98. The molecule has 6 nitrogen and oxygen atoms in total. The van der Waals surface area contributed by atoms with E-state index in [2.05, 4.69) is 21.3 Å². The van der Waals surface area contributed by atoms with E-state index in [1.54, 1.807) is 16.3 Å². The summed E-state index contributed by atoms with van der Waals surface area (Å²) >= 11 is 1.61. The van der Waals surface area contributed by atoms with Crippen LogP contribution in [0.25, 0.3) is 10.2 Å². The van der Waals surface area contributed by atoms with Crippen LogP contribution in [0.3, 0.4) is 0 Å². The zero-order chi connectivity index (χ0) is 20.1. The number of anilines is 1. The zero-order valence-corrected chi connectivity index (χ0v) is 17.5. The monoisotopic (exact) mass is 395 g/mol. The summed E-state index contributed by atoms with van der Waals surface area (Å²) in [5.74, 6) is 6.52. The highest BCUT2D eigenvalue weighted by molar-refractivity contribution is 7.20. The number of hydrogen-bond acceptors (Lipinski definition) is 7. The lowest BCUT2D eigenvalue weighted by Gasteiger charge is -2.19. The fourth-order valence-electron chi connectivity index (χ4n) is 2.76. The van der Waals surface area contributed by atoms with Gasteiger partial charge in [-0.05, 0) is 37.6 Å². The Labute approximate surface area is 169 Å². The Kier molecular flexibility index (Phi) is 6.38. The van der Waals surface area contributed by atoms with Crippen LogP contribution in [0.5, 0.6) is 0 Å². The van der Waals surface area contributed by atoms with Gasteiger partial charge in [-0.1, -0.05) is 31.2 Å². The number of aryl methyl sites for hydroxylation is 1. The van der Waals surface area contributed by atoms with E-state index >= 15 is 0 Å². The van der Waals surface area contributed by atoms with Crippen LogP contribution in [0.15, 0.2) is 52.7 Å². The quantitative estimate of drug-likeness (QED) is 0.285. The smallest absolute Gasteiger partial charge is 0.208 e. The lowest BCUT2D eigenvalue weighted by atomic mass is 10.1. The van der Waals surface area contributed by atoms with Crippen LogP contribution in [0, 0.1) is 6.92 Å². The summed E-state index contributed by atoms with van der Waals surface area (Å²) in [4.78, 5) is 4.61. The third-order valence-electron chi connectivity index (χ3n) is 4.37. The molecule has 0 spiro atoms. The second-order valence-corrected chi connectivity index (χ2v) is 7.52. The molecule has 0 amide bonds. The number of aromatic nitrogens is 1. The number of nitrogens with zero attached hydrogens (tertiary/aromatic N) is 4. The number of benzene rings is 2. The van der Waals surface area contributed by atoms with Gasteiger partial charge in [0.15, 0.2) is 0 Å². The van der Waals surface area contributed by atoms with E-state index in [0.29, 0.717) is 18.9 Å². The first-order valence-electron chi connectivity index (χ1n) is 9.16. The van der Waals surface area contributed by atoms with Gasteiger partial charge in [-0.3, -0.25) is 0 Å². The number of nitrogens with two attached hydrogens (primary N) is 1. The summed E-state index contributed by atoms with van der Waals surface area (Å²) in [5.41, 5.74) is 4.85. The molecule has 146 valence electrons. The molecule has 0 atom stereocenters. The van der Waals surface area contributed by atoms with Crippen molar-refractivity contribution < 1.29 is 4.74 Å². The van der Waals surface area contributed by atoms with E-state index in [0.717, 1.165) is 37.8 Å². The largest absolute Gasteiger partial charge is 0.475 e. The van der Waals surface area contributed by atoms with Crippen LogP contribution in [-0.4, -0.2) is 23.6 Å². The fraction of sp³-hybridized carbons (Fsp3) is 0.286. The molecule has 0 saturated carbocycles. The number of ether oxygens (including phenoxy) is 1. The first-order chi connectivity index (χ1) is 13.5. The minimum absolute atomic E-state index is 0.395. The second kappa shape index (κ2) is 8.95. The molecule has 2 N–H and O–H groups in total. The molecular weight excluding hydrogens is 370 g/mol. The zero-order valence-electron chi connectivity index (χ0n) is 16.6. The third-order valence-corrected chi connectivity index (χ3v) is 5.51. The first kappa shape index (κ1) is 20.0. The highest BCUT2D eigenvalue weighted by atomic mass is 32.1. The molecule has 0 aliphatic rings. The van der Waals surface area contributed by atoms with Crippen molar-refractivity contribution in [3.63, 3.8) is 0 Å². The Morgan fingerprint density at radius 2 is 1.96 bits per heavy atom. The van der Waals surface area contributed by atoms with Gasteiger partial charge in [-0.15, -0.1) is 21.5 Å². The lowest BCUT2D eigenvalue weighted by Crippen LogP contribution is -2.26. The van der Waals surface area contributed by atoms with Gasteiger partial charge in [-0.25, -0.2) is 10.8 Å². The van der Waals surface area contributed by atoms with Crippen molar-refractivity contribution >= 4 is 38.9 Å². The molecule has 0 radical (unpaired) electrons. The molecular formula is C21H25N5OS. The summed E-state index contributed by atoms with van der Waals surface area (Å²) in [6, 6.07) is 14.1. The highest BCUT2D eigenvalue weighted by Crippen LogP contribution is 2.23. The SMILES string of the molecule is CCC(=NN=C(C)c1nc2ccccc2s1)OCc1c(C)cccc1N(C)N. The van der Waals surface area contributed by atoms with Crippen LogP contribution in [0.1, 0.15) is 36.4 Å². The molecule has 3 aromatic rings. The van der Waals surface area contributed by atoms with E-state index < -0.39 is 0 Å². The number of hydrazine groups is 1. The standard InChI is InChI=1S/C21H25N5OS/c1-5-20(27-13-16-14(2)9-8-11-18(16)26(4)22)25-24-15(3)21-23-17-10-6-7-12-19(17)28-21/h6-12H,5,13,22H2,1-4H3. The van der Waals surface area contributed by atoms with Crippen LogP contribution in [0.2, 0.25) is 0 Å². The molecule has 0 aliphatic heterocycles. The van der Waals surface area contributed by atoms with Crippen molar-refractivity contribution in [1.82, 2.24) is 4.98 Å². The lowest BCUT2D eigenvalue weighted by molar-refractivity contribution is 0.283. The van der Waals surface area contributed by atoms with Gasteiger partial charge in [-0.2, -0.15) is 0 Å². The second-order valence-electron chi connectivity index (χ2n) is 6.49. The minimum Gasteiger partial charge on any atom is -0.475 e. The van der Waals surface area contributed by atoms with Gasteiger partial charge in [0.2, 0.25) is 5.90 Å². The van der Waals surface area contributed by atoms with Gasteiger partial charge in [0.05, 0.1) is 21.6 Å². The molecule has 0 aliphatic carbocycles. The maximum atomic E-state index is 5.94. The molecule has 3 rings (SSSR count). The molecule has 0 fully saturated rings. The Morgan fingerprint density at radius 1 is 1.18 bits per heavy atom. The molecule has 1 aromatic heterocycles. The maximum absolute atomic E-state index is 5.94. The Hall–Kier alpha value is -2.77. The minimum atomic E-state index is 0.395. The van der Waals surface area contributed by atoms with Crippen molar-refractivity contribution in [3.8, 4) is 0 Å². The number of rotatable bonds is 6. The van der Waals surface area contributed by atoms with Gasteiger partial charge in [0.25, 0.3) is 0 Å². The molecule has 0 bridgehead atoms. The summed E-state index contributed by atoms with van der Waals surface area (Å²) in [6.45, 7) is 6.35. The van der Waals surface area contributed by atoms with Crippen molar-refractivity contribution in [2.75, 3.05) is 12.1 Å². The van der Waals surface area contributed by atoms with Gasteiger partial charge >= 0.3 is 0 Å². The van der Waals surface area contributed by atoms with Gasteiger partial charge < -0.3 is 9.75 Å². The van der Waals surface area contributed by atoms with Crippen LogP contribution < -0.4 is 10.9 Å². The normalized spacial score (nSPS) is 12.5. The predicted molar refractivity (Wildman–Crippen MR) is 118 cm³/mol. The summed E-state index contributed by atoms with van der Waals surface area (Å²) in [5, 5.41) is 11.1. The Bertz CT molecular complexity index is 990. The molecule has 0 unspecified atom stereocenters. The summed E-state index contributed by atoms with van der Waals surface area (Å²) in [7, 11) is 1.82. The molecule has 2 aromatic carbocycles. The van der Waals surface area contributed by atoms with Gasteiger partial charge in [0.1, 0.15) is 11.6 Å². The Balaban J connectivity index is 1.76. The average molecular weight is 396 g/mol. The number of fused-ring (bicyclic) bond motifs is 1. The van der Waals surface area contributed by atoms with Crippen molar-refractivity contribution in [2.45, 2.75) is 33.8 Å². The molecule has 0 saturated heterocycles. The number of para-hydroxylation sites is 1. The Morgan fingerprint density at radius 3 is 2.68 bits per heavy atom. The van der Waals surface area contributed by atoms with Crippen LogP contribution in [0.4, 0.5) is 5.69 Å². The van der Waals surface area contributed by atoms with Gasteiger partial charge in [0, 0.05) is 19.0 Å². The topological polar surface area (TPSA) is 76.1 Å². The maximum Gasteiger partial charge on any atom is 0.208 e. The van der Waals surface area contributed by atoms with E-state index in [1.807, 2.05) is 64.2 Å². The van der Waals surface area contributed by atoms with E-state index in [-0.39, 0.29) is 0 Å². The molecule has 1 heterocycles.